The Morgan fingerprint density at radius 2 is 1.21 bits per heavy atom. The van der Waals surface area contributed by atoms with Gasteiger partial charge in [0.1, 0.15) is 0 Å². The van der Waals surface area contributed by atoms with Gasteiger partial charge in [-0.3, -0.25) is 23.7 Å². The first kappa shape index (κ1) is 19.2. The zero-order valence-corrected chi connectivity index (χ0v) is 16.5. The molecule has 0 radical (unpaired) electrons. The first-order chi connectivity index (χ1) is 14.0. The van der Waals surface area contributed by atoms with Crippen LogP contribution in [0, 0.1) is 0 Å². The molecule has 6 nitrogen and oxygen atoms in total. The lowest BCUT2D eigenvalue weighted by atomic mass is 10.0. The zero-order chi connectivity index (χ0) is 20.7. The van der Waals surface area contributed by atoms with Crippen molar-refractivity contribution < 1.29 is 0 Å². The molecule has 0 unspecified atom stereocenters. The molecule has 3 aromatic carbocycles. The van der Waals surface area contributed by atoms with Gasteiger partial charge in [0.25, 0.3) is 11.1 Å². The summed E-state index contributed by atoms with van der Waals surface area (Å²) in [6, 6.07) is 9.47. The van der Waals surface area contributed by atoms with Gasteiger partial charge in [-0.2, -0.15) is 0 Å². The monoisotopic (exact) mass is 390 g/mol. The van der Waals surface area contributed by atoms with E-state index < -0.39 is 11.1 Å². The summed E-state index contributed by atoms with van der Waals surface area (Å²) >= 11 is 0. The molecular formula is C23H22N2O4. The summed E-state index contributed by atoms with van der Waals surface area (Å²) in [5.74, 6) is 0. The molecule has 0 aliphatic carbocycles. The van der Waals surface area contributed by atoms with Crippen LogP contribution in [0.1, 0.15) is 20.3 Å². The average Bonchev–Trinajstić information content (AvgIpc) is 2.98. The number of fused-ring (bicyclic) bond motifs is 3. The Bertz CT molecular complexity index is 1340. The fourth-order valence-corrected chi connectivity index (χ4v) is 4.08. The van der Waals surface area contributed by atoms with Crippen LogP contribution in [0.25, 0.3) is 32.3 Å². The molecule has 0 saturated heterocycles. The summed E-state index contributed by atoms with van der Waals surface area (Å²) in [7, 11) is 0. The molecule has 0 fully saturated rings. The van der Waals surface area contributed by atoms with Gasteiger partial charge in [0.2, 0.25) is 0 Å². The molecule has 148 valence electrons. The highest BCUT2D eigenvalue weighted by Gasteiger charge is 2.17. The third kappa shape index (κ3) is 3.00. The van der Waals surface area contributed by atoms with Gasteiger partial charge in [0.05, 0.1) is 10.8 Å². The summed E-state index contributed by atoms with van der Waals surface area (Å²) in [6.07, 6.45) is 0.677. The van der Waals surface area contributed by atoms with Crippen LogP contribution in [0.15, 0.2) is 55.6 Å². The second-order valence-electron chi connectivity index (χ2n) is 7.29. The van der Waals surface area contributed by atoms with Crippen molar-refractivity contribution in [2.45, 2.75) is 26.8 Å². The molecule has 0 aliphatic rings. The van der Waals surface area contributed by atoms with Crippen molar-refractivity contribution in [2.75, 3.05) is 19.6 Å². The molecule has 0 saturated carbocycles. The molecule has 6 heteroatoms. The van der Waals surface area contributed by atoms with Crippen molar-refractivity contribution >= 4 is 32.3 Å². The molecule has 0 amide bonds. The van der Waals surface area contributed by atoms with Gasteiger partial charge < -0.3 is 4.90 Å². The number of nitrogens with zero attached hydrogens (tertiary/aromatic N) is 2. The SMILES string of the molecule is CCN(CC)CCCn1c(=O)c2cc3c(=O)c4ccccc4c(=O)c3cc2c1=O. The quantitative estimate of drug-likeness (QED) is 0.471. The second kappa shape index (κ2) is 7.37. The molecule has 1 heterocycles. The van der Waals surface area contributed by atoms with Crippen LogP contribution in [0.4, 0.5) is 0 Å². The summed E-state index contributed by atoms with van der Waals surface area (Å²) in [6.45, 7) is 7.08. The maximum Gasteiger partial charge on any atom is 0.261 e. The largest absolute Gasteiger partial charge is 0.304 e. The molecular weight excluding hydrogens is 368 g/mol. The molecule has 0 N–H and O–H groups in total. The van der Waals surface area contributed by atoms with Crippen LogP contribution in [0.3, 0.4) is 0 Å². The van der Waals surface area contributed by atoms with Crippen LogP contribution in [0.5, 0.6) is 0 Å². The molecule has 29 heavy (non-hydrogen) atoms. The van der Waals surface area contributed by atoms with Gasteiger partial charge in [-0.05, 0) is 38.2 Å². The van der Waals surface area contributed by atoms with Crippen LogP contribution in [-0.2, 0) is 6.54 Å². The molecule has 0 atom stereocenters. The van der Waals surface area contributed by atoms with Gasteiger partial charge in [-0.15, -0.1) is 0 Å². The first-order valence-corrected chi connectivity index (χ1v) is 9.92. The van der Waals surface area contributed by atoms with E-state index in [9.17, 15) is 19.2 Å². The van der Waals surface area contributed by atoms with E-state index in [1.54, 1.807) is 24.3 Å². The van der Waals surface area contributed by atoms with E-state index in [0.29, 0.717) is 23.7 Å². The number of hydrogen-bond donors (Lipinski definition) is 0. The third-order valence-electron chi connectivity index (χ3n) is 5.76. The second-order valence-corrected chi connectivity index (χ2v) is 7.29. The topological polar surface area (TPSA) is 76.5 Å². The minimum Gasteiger partial charge on any atom is -0.304 e. The predicted molar refractivity (Wildman–Crippen MR) is 117 cm³/mol. The van der Waals surface area contributed by atoms with E-state index in [1.165, 1.54) is 16.7 Å². The number of benzene rings is 3. The molecule has 0 bridgehead atoms. The lowest BCUT2D eigenvalue weighted by Gasteiger charge is -2.17. The summed E-state index contributed by atoms with van der Waals surface area (Å²) < 4.78 is 1.22. The van der Waals surface area contributed by atoms with Gasteiger partial charge >= 0.3 is 0 Å². The van der Waals surface area contributed by atoms with Crippen LogP contribution < -0.4 is 22.0 Å². The lowest BCUT2D eigenvalue weighted by Crippen LogP contribution is -2.29. The van der Waals surface area contributed by atoms with Gasteiger partial charge in [-0.25, -0.2) is 0 Å². The Hall–Kier alpha value is -3.12. The fraction of sp³-hybridized carbons (Fsp3) is 0.304. The summed E-state index contributed by atoms with van der Waals surface area (Å²) in [5, 5.41) is 1.46. The maximum absolute atomic E-state index is 12.9. The maximum atomic E-state index is 12.9. The highest BCUT2D eigenvalue weighted by atomic mass is 16.2. The Morgan fingerprint density at radius 1 is 0.724 bits per heavy atom. The fourth-order valence-electron chi connectivity index (χ4n) is 4.08. The van der Waals surface area contributed by atoms with Crippen molar-refractivity contribution in [3.8, 4) is 0 Å². The Kier molecular flexibility index (Phi) is 4.88. The third-order valence-corrected chi connectivity index (χ3v) is 5.76. The average molecular weight is 390 g/mol. The molecule has 0 spiro atoms. The van der Waals surface area contributed by atoms with Crippen molar-refractivity contribution in [2.24, 2.45) is 0 Å². The van der Waals surface area contributed by atoms with E-state index >= 15 is 0 Å². The van der Waals surface area contributed by atoms with E-state index in [4.69, 9.17) is 0 Å². The molecule has 4 aromatic rings. The van der Waals surface area contributed by atoms with Crippen molar-refractivity contribution in [1.82, 2.24) is 9.47 Å². The highest BCUT2D eigenvalue weighted by Crippen LogP contribution is 2.17. The van der Waals surface area contributed by atoms with Gasteiger partial charge in [-0.1, -0.05) is 38.1 Å². The van der Waals surface area contributed by atoms with Crippen molar-refractivity contribution in [3.63, 3.8) is 0 Å². The van der Waals surface area contributed by atoms with E-state index in [2.05, 4.69) is 18.7 Å². The molecule has 1 aromatic heterocycles. The van der Waals surface area contributed by atoms with Gasteiger partial charge in [0, 0.05) is 28.1 Å². The van der Waals surface area contributed by atoms with Crippen LogP contribution in [-0.4, -0.2) is 29.1 Å². The molecule has 0 aliphatic heterocycles. The number of hydrogen-bond acceptors (Lipinski definition) is 5. The Balaban J connectivity index is 1.90. The Morgan fingerprint density at radius 3 is 1.66 bits per heavy atom. The lowest BCUT2D eigenvalue weighted by molar-refractivity contribution is 0.292. The smallest absolute Gasteiger partial charge is 0.261 e. The number of rotatable bonds is 6. The molecule has 4 rings (SSSR count). The minimum atomic E-state index is -0.397. The van der Waals surface area contributed by atoms with Crippen molar-refractivity contribution in [3.05, 3.63) is 77.6 Å². The normalized spacial score (nSPS) is 12.0. The van der Waals surface area contributed by atoms with E-state index in [1.807, 2.05) is 0 Å². The Labute approximate surface area is 166 Å². The van der Waals surface area contributed by atoms with Crippen LogP contribution in [0.2, 0.25) is 0 Å². The van der Waals surface area contributed by atoms with E-state index in [-0.39, 0.29) is 32.4 Å². The minimum absolute atomic E-state index is 0.193. The number of aromatic nitrogens is 1. The standard InChI is InChI=1S/C23H22N2O4/c1-3-24(4-2)10-7-11-25-22(28)18-12-16-17(13-19(18)23(25)29)21(27)15-9-6-5-8-14(15)20(16)26/h5-6,8-9,12-13H,3-4,7,10-11H2,1-2H3. The summed E-state index contributed by atoms with van der Waals surface area (Å²) in [4.78, 5) is 53.6. The van der Waals surface area contributed by atoms with Gasteiger partial charge in [0.15, 0.2) is 10.9 Å². The van der Waals surface area contributed by atoms with E-state index in [0.717, 1.165) is 19.6 Å². The van der Waals surface area contributed by atoms with Crippen LogP contribution >= 0.6 is 0 Å². The summed E-state index contributed by atoms with van der Waals surface area (Å²) in [5.41, 5.74) is -1.38. The highest BCUT2D eigenvalue weighted by molar-refractivity contribution is 6.04. The predicted octanol–water partition coefficient (Wildman–Crippen LogP) is 2.00. The van der Waals surface area contributed by atoms with Crippen molar-refractivity contribution in [1.29, 1.82) is 0 Å². The zero-order valence-electron chi connectivity index (χ0n) is 16.5. The first-order valence-electron chi connectivity index (χ1n) is 9.92.